The number of hydrogen-bond donors (Lipinski definition) is 0. The minimum Gasteiger partial charge on any atom is -0.382 e. The number of rotatable bonds is 8. The number of aryl methyl sites for hydroxylation is 1. The number of nitrogens with zero attached hydrogens (tertiary/aromatic N) is 3. The molecule has 0 bridgehead atoms. The summed E-state index contributed by atoms with van der Waals surface area (Å²) in [5.41, 5.74) is 2.41. The summed E-state index contributed by atoms with van der Waals surface area (Å²) in [6.07, 6.45) is 6.02. The first-order chi connectivity index (χ1) is 11.8. The summed E-state index contributed by atoms with van der Waals surface area (Å²) in [6, 6.07) is 4.50. The minimum atomic E-state index is 0.236. The van der Waals surface area contributed by atoms with Gasteiger partial charge in [0.2, 0.25) is 0 Å². The second-order valence-electron chi connectivity index (χ2n) is 6.15. The molecule has 1 aliphatic heterocycles. The molecule has 130 valence electrons. The number of aromatic nitrogens is 2. The maximum Gasteiger partial charge on any atom is 0.0897 e. The molecule has 3 heterocycles. The van der Waals surface area contributed by atoms with E-state index < -0.39 is 0 Å². The Hall–Kier alpha value is -1.34. The third-order valence-electron chi connectivity index (χ3n) is 4.42. The Labute approximate surface area is 147 Å². The van der Waals surface area contributed by atoms with Gasteiger partial charge in [-0.1, -0.05) is 6.07 Å². The molecule has 2 aromatic heterocycles. The first-order valence-corrected chi connectivity index (χ1v) is 9.28. The highest BCUT2D eigenvalue weighted by Gasteiger charge is 2.35. The van der Waals surface area contributed by atoms with Crippen LogP contribution in [0.5, 0.6) is 0 Å². The van der Waals surface area contributed by atoms with Crippen molar-refractivity contribution in [2.75, 3.05) is 26.9 Å². The highest BCUT2D eigenvalue weighted by molar-refractivity contribution is 7.09. The van der Waals surface area contributed by atoms with E-state index in [1.54, 1.807) is 18.4 Å². The van der Waals surface area contributed by atoms with E-state index in [2.05, 4.69) is 33.2 Å². The van der Waals surface area contributed by atoms with Crippen molar-refractivity contribution in [3.05, 3.63) is 46.2 Å². The summed E-state index contributed by atoms with van der Waals surface area (Å²) in [6.45, 7) is 5.27. The van der Waals surface area contributed by atoms with Crippen molar-refractivity contribution in [1.82, 2.24) is 14.9 Å². The van der Waals surface area contributed by atoms with Crippen LogP contribution in [0.15, 0.2) is 29.9 Å². The SMILES string of the molecule is COCCO[C@H]1CCN(Cc2csc(C)n2)[C@@H]1Cc1cccnc1. The van der Waals surface area contributed by atoms with Crippen molar-refractivity contribution >= 4 is 11.3 Å². The summed E-state index contributed by atoms with van der Waals surface area (Å²) < 4.78 is 11.2. The molecule has 0 amide bonds. The predicted molar refractivity (Wildman–Crippen MR) is 95.2 cm³/mol. The molecule has 1 saturated heterocycles. The fourth-order valence-electron chi connectivity index (χ4n) is 3.27. The summed E-state index contributed by atoms with van der Waals surface area (Å²) in [4.78, 5) is 11.4. The van der Waals surface area contributed by atoms with Crippen LogP contribution in [0.2, 0.25) is 0 Å². The minimum absolute atomic E-state index is 0.236. The molecule has 2 aromatic rings. The quantitative estimate of drug-likeness (QED) is 0.687. The molecule has 1 fully saturated rings. The number of ether oxygens (including phenoxy) is 2. The van der Waals surface area contributed by atoms with E-state index in [1.165, 1.54) is 5.56 Å². The van der Waals surface area contributed by atoms with Crippen LogP contribution in [-0.2, 0) is 22.4 Å². The molecule has 6 heteroatoms. The number of hydrogen-bond acceptors (Lipinski definition) is 6. The molecular weight excluding hydrogens is 322 g/mol. The van der Waals surface area contributed by atoms with Crippen LogP contribution in [0.3, 0.4) is 0 Å². The lowest BCUT2D eigenvalue weighted by molar-refractivity contribution is -0.00142. The van der Waals surface area contributed by atoms with Gasteiger partial charge in [0, 0.05) is 44.0 Å². The van der Waals surface area contributed by atoms with Crippen molar-refractivity contribution in [3.8, 4) is 0 Å². The van der Waals surface area contributed by atoms with Crippen LogP contribution in [0.25, 0.3) is 0 Å². The molecular formula is C18H25N3O2S. The molecule has 0 saturated carbocycles. The molecule has 3 rings (SSSR count). The van der Waals surface area contributed by atoms with Gasteiger partial charge in [-0.3, -0.25) is 9.88 Å². The average Bonchev–Trinajstić information content (AvgIpc) is 3.17. The number of likely N-dealkylation sites (tertiary alicyclic amines) is 1. The highest BCUT2D eigenvalue weighted by Crippen LogP contribution is 2.26. The van der Waals surface area contributed by atoms with Gasteiger partial charge in [-0.15, -0.1) is 11.3 Å². The predicted octanol–water partition coefficient (Wildman–Crippen LogP) is 2.70. The summed E-state index contributed by atoms with van der Waals surface area (Å²) in [5.74, 6) is 0. The fraction of sp³-hybridized carbons (Fsp3) is 0.556. The Morgan fingerprint density at radius 3 is 3.00 bits per heavy atom. The Balaban J connectivity index is 1.68. The van der Waals surface area contributed by atoms with E-state index in [4.69, 9.17) is 9.47 Å². The Bertz CT molecular complexity index is 620. The second-order valence-corrected chi connectivity index (χ2v) is 7.21. The van der Waals surface area contributed by atoms with Gasteiger partial charge in [-0.2, -0.15) is 0 Å². The Morgan fingerprint density at radius 1 is 1.38 bits per heavy atom. The van der Waals surface area contributed by atoms with Gasteiger partial charge in [0.1, 0.15) is 0 Å². The molecule has 5 nitrogen and oxygen atoms in total. The fourth-order valence-corrected chi connectivity index (χ4v) is 3.87. The topological polar surface area (TPSA) is 47.5 Å². The van der Waals surface area contributed by atoms with Gasteiger partial charge in [-0.25, -0.2) is 4.98 Å². The van der Waals surface area contributed by atoms with Crippen molar-refractivity contribution in [1.29, 1.82) is 0 Å². The van der Waals surface area contributed by atoms with Gasteiger partial charge < -0.3 is 9.47 Å². The first kappa shape index (κ1) is 17.5. The van der Waals surface area contributed by atoms with Gasteiger partial charge >= 0.3 is 0 Å². The third-order valence-corrected chi connectivity index (χ3v) is 5.24. The monoisotopic (exact) mass is 347 g/mol. The van der Waals surface area contributed by atoms with Crippen LogP contribution in [-0.4, -0.2) is 53.9 Å². The van der Waals surface area contributed by atoms with E-state index in [1.807, 2.05) is 18.5 Å². The lowest BCUT2D eigenvalue weighted by Gasteiger charge is -2.27. The zero-order chi connectivity index (χ0) is 16.8. The van der Waals surface area contributed by atoms with Crippen LogP contribution in [0, 0.1) is 6.92 Å². The normalized spacial score (nSPS) is 21.4. The van der Waals surface area contributed by atoms with E-state index in [9.17, 15) is 0 Å². The van der Waals surface area contributed by atoms with Crippen molar-refractivity contribution < 1.29 is 9.47 Å². The summed E-state index contributed by atoms with van der Waals surface area (Å²) >= 11 is 1.72. The number of thiazole rings is 1. The molecule has 0 aliphatic carbocycles. The second kappa shape index (κ2) is 8.67. The summed E-state index contributed by atoms with van der Waals surface area (Å²) in [7, 11) is 1.71. The largest absolute Gasteiger partial charge is 0.382 e. The average molecular weight is 347 g/mol. The molecule has 0 unspecified atom stereocenters. The Kier molecular flexibility index (Phi) is 6.31. The van der Waals surface area contributed by atoms with Gasteiger partial charge in [0.15, 0.2) is 0 Å². The smallest absolute Gasteiger partial charge is 0.0897 e. The number of pyridine rings is 1. The lowest BCUT2D eigenvalue weighted by atomic mass is 10.0. The van der Waals surface area contributed by atoms with E-state index in [0.717, 1.165) is 36.6 Å². The lowest BCUT2D eigenvalue weighted by Crippen LogP contribution is -2.38. The standard InChI is InChI=1S/C18H25N3O2S/c1-14-20-16(13-24-14)12-21-7-5-18(23-9-8-22-2)17(21)10-15-4-3-6-19-11-15/h3-4,6,11,13,17-18H,5,7-10,12H2,1-2H3/t17-,18+/m1/s1. The van der Waals surface area contributed by atoms with E-state index in [-0.39, 0.29) is 6.10 Å². The molecule has 0 spiro atoms. The molecule has 0 aromatic carbocycles. The molecule has 24 heavy (non-hydrogen) atoms. The van der Waals surface area contributed by atoms with Crippen molar-refractivity contribution in [2.24, 2.45) is 0 Å². The van der Waals surface area contributed by atoms with Crippen molar-refractivity contribution in [3.63, 3.8) is 0 Å². The zero-order valence-electron chi connectivity index (χ0n) is 14.4. The van der Waals surface area contributed by atoms with Gasteiger partial charge in [-0.05, 0) is 31.4 Å². The van der Waals surface area contributed by atoms with Crippen molar-refractivity contribution in [2.45, 2.75) is 38.5 Å². The Morgan fingerprint density at radius 2 is 2.29 bits per heavy atom. The van der Waals surface area contributed by atoms with Gasteiger partial charge in [0.25, 0.3) is 0 Å². The maximum atomic E-state index is 6.10. The maximum absolute atomic E-state index is 6.10. The molecule has 0 N–H and O–H groups in total. The molecule has 0 radical (unpaired) electrons. The van der Waals surface area contributed by atoms with Crippen LogP contribution in [0.4, 0.5) is 0 Å². The van der Waals surface area contributed by atoms with Crippen LogP contribution >= 0.6 is 11.3 Å². The zero-order valence-corrected chi connectivity index (χ0v) is 15.2. The van der Waals surface area contributed by atoms with E-state index in [0.29, 0.717) is 19.3 Å². The number of methoxy groups -OCH3 is 1. The summed E-state index contributed by atoms with van der Waals surface area (Å²) in [5, 5.41) is 3.29. The van der Waals surface area contributed by atoms with E-state index >= 15 is 0 Å². The molecule has 2 atom stereocenters. The van der Waals surface area contributed by atoms with Crippen LogP contribution in [0.1, 0.15) is 22.7 Å². The highest BCUT2D eigenvalue weighted by atomic mass is 32.1. The third kappa shape index (κ3) is 4.60. The molecule has 1 aliphatic rings. The van der Waals surface area contributed by atoms with Gasteiger partial charge in [0.05, 0.1) is 30.0 Å². The first-order valence-electron chi connectivity index (χ1n) is 8.41. The van der Waals surface area contributed by atoms with Crippen LogP contribution < -0.4 is 0 Å².